The van der Waals surface area contributed by atoms with E-state index >= 15 is 0 Å². The first-order valence-electron chi connectivity index (χ1n) is 4.84. The molecule has 0 spiro atoms. The molecule has 0 aromatic carbocycles. The third-order valence-electron chi connectivity index (χ3n) is 2.80. The Morgan fingerprint density at radius 2 is 2.12 bits per heavy atom. The molecule has 16 heavy (non-hydrogen) atoms. The van der Waals surface area contributed by atoms with Crippen molar-refractivity contribution in [2.75, 3.05) is 7.11 Å². The van der Waals surface area contributed by atoms with Gasteiger partial charge >= 0.3 is 5.97 Å². The van der Waals surface area contributed by atoms with Crippen molar-refractivity contribution in [1.29, 1.82) is 0 Å². The molecule has 1 atom stereocenters. The number of carbonyl (C=O) groups is 1. The maximum atomic E-state index is 11.3. The van der Waals surface area contributed by atoms with Gasteiger partial charge < -0.3 is 9.84 Å². The van der Waals surface area contributed by atoms with E-state index in [1.165, 1.54) is 7.11 Å². The van der Waals surface area contributed by atoms with E-state index in [0.29, 0.717) is 18.7 Å². The summed E-state index contributed by atoms with van der Waals surface area (Å²) in [6.45, 7) is 0. The van der Waals surface area contributed by atoms with E-state index in [2.05, 4.69) is 30.6 Å². The summed E-state index contributed by atoms with van der Waals surface area (Å²) in [6, 6.07) is 0. The molecule has 86 valence electrons. The maximum absolute atomic E-state index is 11.3. The molecular weight excluding hydrogens is 276 g/mol. The zero-order valence-electron chi connectivity index (χ0n) is 8.68. The Morgan fingerprint density at radius 1 is 1.56 bits per heavy atom. The van der Waals surface area contributed by atoms with Crippen LogP contribution in [0.3, 0.4) is 0 Å². The largest absolute Gasteiger partial charge is 0.467 e. The van der Waals surface area contributed by atoms with E-state index in [4.69, 9.17) is 0 Å². The fraction of sp³-hybridized carbons (Fsp3) is 0.500. The van der Waals surface area contributed by atoms with Crippen molar-refractivity contribution >= 4 is 21.9 Å². The molecule has 1 heterocycles. The Hall–Kier alpha value is -1.01. The number of carbonyl (C=O) groups excluding carboxylic acids is 1. The second-order valence-electron chi connectivity index (χ2n) is 3.81. The first-order valence-corrected chi connectivity index (χ1v) is 5.63. The lowest BCUT2D eigenvalue weighted by molar-refractivity contribution is -0.152. The number of rotatable bonds is 3. The molecule has 1 aliphatic carbocycles. The van der Waals surface area contributed by atoms with Crippen molar-refractivity contribution in [1.82, 2.24) is 9.97 Å². The summed E-state index contributed by atoms with van der Waals surface area (Å²) in [5, 5.41) is 9.86. The third kappa shape index (κ3) is 1.82. The molecule has 1 fully saturated rings. The number of aliphatic hydroxyl groups excluding tert-OH is 1. The van der Waals surface area contributed by atoms with Crippen molar-refractivity contribution < 1.29 is 14.6 Å². The van der Waals surface area contributed by atoms with Crippen molar-refractivity contribution in [2.45, 2.75) is 24.4 Å². The van der Waals surface area contributed by atoms with E-state index in [-0.39, 0.29) is 0 Å². The highest BCUT2D eigenvalue weighted by Crippen LogP contribution is 2.49. The Morgan fingerprint density at radius 3 is 2.56 bits per heavy atom. The van der Waals surface area contributed by atoms with Gasteiger partial charge in [-0.1, -0.05) is 0 Å². The molecule has 1 aliphatic rings. The Balaban J connectivity index is 2.26. The van der Waals surface area contributed by atoms with E-state index < -0.39 is 17.5 Å². The number of halogens is 1. The summed E-state index contributed by atoms with van der Waals surface area (Å²) >= 11 is 3.23. The third-order valence-corrected chi connectivity index (χ3v) is 3.21. The average molecular weight is 287 g/mol. The highest BCUT2D eigenvalue weighted by atomic mass is 79.9. The second-order valence-corrected chi connectivity index (χ2v) is 4.72. The zero-order valence-corrected chi connectivity index (χ0v) is 10.3. The summed E-state index contributed by atoms with van der Waals surface area (Å²) in [7, 11) is 1.25. The van der Waals surface area contributed by atoms with Crippen molar-refractivity contribution in [3.63, 3.8) is 0 Å². The Kier molecular flexibility index (Phi) is 2.94. The lowest BCUT2D eigenvalue weighted by atomic mass is 9.98. The van der Waals surface area contributed by atoms with Crippen LogP contribution in [0.4, 0.5) is 0 Å². The predicted octanol–water partition coefficient (Wildman–Crippen LogP) is 0.805. The average Bonchev–Trinajstić information content (AvgIpc) is 3.09. The molecule has 0 bridgehead atoms. The van der Waals surface area contributed by atoms with Crippen LogP contribution in [-0.2, 0) is 14.9 Å². The van der Waals surface area contributed by atoms with Crippen LogP contribution in [0.15, 0.2) is 16.9 Å². The van der Waals surface area contributed by atoms with E-state index in [1.54, 1.807) is 12.4 Å². The van der Waals surface area contributed by atoms with Gasteiger partial charge in [-0.3, -0.25) is 0 Å². The second kappa shape index (κ2) is 4.10. The van der Waals surface area contributed by atoms with Gasteiger partial charge in [0.2, 0.25) is 0 Å². The molecule has 5 nitrogen and oxygen atoms in total. The van der Waals surface area contributed by atoms with Gasteiger partial charge in [0.15, 0.2) is 6.10 Å². The molecule has 0 amide bonds. The van der Waals surface area contributed by atoms with Gasteiger partial charge in [0.05, 0.1) is 17.0 Å². The number of aliphatic hydroxyl groups is 1. The van der Waals surface area contributed by atoms with Crippen molar-refractivity contribution in [3.8, 4) is 0 Å². The lowest BCUT2D eigenvalue weighted by Crippen LogP contribution is -2.36. The molecule has 0 aliphatic heterocycles. The minimum atomic E-state index is -1.18. The number of hydrogen-bond donors (Lipinski definition) is 1. The molecule has 1 saturated carbocycles. The quantitative estimate of drug-likeness (QED) is 0.833. The van der Waals surface area contributed by atoms with Crippen LogP contribution in [0.5, 0.6) is 0 Å². The smallest absolute Gasteiger partial charge is 0.335 e. The number of ether oxygens (including phenoxy) is 1. The highest BCUT2D eigenvalue weighted by molar-refractivity contribution is 9.10. The van der Waals surface area contributed by atoms with Crippen molar-refractivity contribution in [3.05, 3.63) is 22.7 Å². The van der Waals surface area contributed by atoms with Gasteiger partial charge in [-0.05, 0) is 28.8 Å². The monoisotopic (exact) mass is 286 g/mol. The topological polar surface area (TPSA) is 72.3 Å². The molecular formula is C10H11BrN2O3. The molecule has 0 radical (unpaired) electrons. The standard InChI is InChI=1S/C10H11BrN2O3/c1-16-8(15)7(14)10(2-3-10)9-12-4-6(11)5-13-9/h4-5,7,14H,2-3H2,1H3. The summed E-state index contributed by atoms with van der Waals surface area (Å²) in [5.74, 6) is -0.141. The first kappa shape index (κ1) is 11.5. The normalized spacial score (nSPS) is 18.9. The van der Waals surface area contributed by atoms with Crippen LogP contribution in [0, 0.1) is 0 Å². The molecule has 1 aromatic rings. The molecule has 6 heteroatoms. The fourth-order valence-corrected chi connectivity index (χ4v) is 1.87. The van der Waals surface area contributed by atoms with Crippen LogP contribution in [0.1, 0.15) is 18.7 Å². The number of nitrogens with zero attached hydrogens (tertiary/aromatic N) is 2. The summed E-state index contributed by atoms with van der Waals surface area (Å²) in [6.07, 6.45) is 3.42. The van der Waals surface area contributed by atoms with Gasteiger partial charge in [0, 0.05) is 12.4 Å². The van der Waals surface area contributed by atoms with E-state index in [1.807, 2.05) is 0 Å². The molecule has 1 aromatic heterocycles. The molecule has 1 N–H and O–H groups in total. The molecule has 2 rings (SSSR count). The van der Waals surface area contributed by atoms with Gasteiger partial charge in [0.1, 0.15) is 5.82 Å². The van der Waals surface area contributed by atoms with Gasteiger partial charge in [0.25, 0.3) is 0 Å². The first-order chi connectivity index (χ1) is 7.60. The minimum Gasteiger partial charge on any atom is -0.467 e. The molecule has 1 unspecified atom stereocenters. The Bertz CT molecular complexity index is 403. The zero-order chi connectivity index (χ0) is 11.8. The van der Waals surface area contributed by atoms with E-state index in [0.717, 1.165) is 4.47 Å². The van der Waals surface area contributed by atoms with Crippen LogP contribution in [-0.4, -0.2) is 34.3 Å². The molecule has 0 saturated heterocycles. The highest BCUT2D eigenvalue weighted by Gasteiger charge is 2.56. The minimum absolute atomic E-state index is 0.494. The Labute approximate surface area is 101 Å². The maximum Gasteiger partial charge on any atom is 0.335 e. The lowest BCUT2D eigenvalue weighted by Gasteiger charge is -2.18. The SMILES string of the molecule is COC(=O)C(O)C1(c2ncc(Br)cn2)CC1. The fourth-order valence-electron chi connectivity index (χ4n) is 1.66. The number of aromatic nitrogens is 2. The van der Waals surface area contributed by atoms with Crippen LogP contribution in [0.25, 0.3) is 0 Å². The van der Waals surface area contributed by atoms with Gasteiger partial charge in [-0.15, -0.1) is 0 Å². The summed E-state index contributed by atoms with van der Waals surface area (Å²) < 4.78 is 5.29. The van der Waals surface area contributed by atoms with Crippen molar-refractivity contribution in [2.24, 2.45) is 0 Å². The predicted molar refractivity (Wildman–Crippen MR) is 58.7 cm³/mol. The van der Waals surface area contributed by atoms with Crippen LogP contribution < -0.4 is 0 Å². The number of hydrogen-bond acceptors (Lipinski definition) is 5. The summed E-state index contributed by atoms with van der Waals surface area (Å²) in [5.41, 5.74) is -0.645. The van der Waals surface area contributed by atoms with Crippen LogP contribution >= 0.6 is 15.9 Å². The number of esters is 1. The van der Waals surface area contributed by atoms with Gasteiger partial charge in [-0.25, -0.2) is 14.8 Å². The van der Waals surface area contributed by atoms with Crippen LogP contribution in [0.2, 0.25) is 0 Å². The number of methoxy groups -OCH3 is 1. The van der Waals surface area contributed by atoms with Gasteiger partial charge in [-0.2, -0.15) is 0 Å². The summed E-state index contributed by atoms with van der Waals surface area (Å²) in [4.78, 5) is 19.6. The van der Waals surface area contributed by atoms with E-state index in [9.17, 15) is 9.90 Å².